The number of hydrogen-bond donors (Lipinski definition) is 1. The van der Waals surface area contributed by atoms with Crippen LogP contribution in [0.25, 0.3) is 16.7 Å². The van der Waals surface area contributed by atoms with E-state index < -0.39 is 11.8 Å². The summed E-state index contributed by atoms with van der Waals surface area (Å²) in [7, 11) is 0. The van der Waals surface area contributed by atoms with Crippen LogP contribution in [0.3, 0.4) is 0 Å². The standard InChI is InChI=1S/C23H24N4O4S/c1-2-31-17-11-9-16(10-12-17)27-19-7-4-3-6-18(19)24-23(27)32-15-21(29)25-20(28)14-26-13-5-8-22(26)30/h3-4,6-7,9-12H,2,5,8,13-15H2,1H3,(H,25,28,29). The van der Waals surface area contributed by atoms with Crippen LogP contribution < -0.4 is 10.1 Å². The second-order valence-electron chi connectivity index (χ2n) is 7.32. The molecule has 4 rings (SSSR count). The first-order valence-electron chi connectivity index (χ1n) is 10.5. The van der Waals surface area contributed by atoms with Gasteiger partial charge in [-0.3, -0.25) is 24.3 Å². The maximum Gasteiger partial charge on any atom is 0.246 e. The van der Waals surface area contributed by atoms with E-state index in [0.29, 0.717) is 24.7 Å². The van der Waals surface area contributed by atoms with E-state index in [1.807, 2.05) is 60.0 Å². The maximum atomic E-state index is 12.4. The minimum Gasteiger partial charge on any atom is -0.494 e. The van der Waals surface area contributed by atoms with Gasteiger partial charge in [-0.05, 0) is 49.7 Å². The predicted octanol–water partition coefficient (Wildman–Crippen LogP) is 2.78. The van der Waals surface area contributed by atoms with Crippen molar-refractivity contribution in [2.24, 2.45) is 0 Å². The third kappa shape index (κ3) is 4.94. The Balaban J connectivity index is 1.46. The number of carbonyl (C=O) groups is 3. The average Bonchev–Trinajstić information content (AvgIpc) is 3.36. The molecule has 2 aromatic carbocycles. The van der Waals surface area contributed by atoms with E-state index >= 15 is 0 Å². The highest BCUT2D eigenvalue weighted by Gasteiger charge is 2.23. The zero-order valence-corrected chi connectivity index (χ0v) is 18.6. The van der Waals surface area contributed by atoms with Gasteiger partial charge < -0.3 is 9.64 Å². The van der Waals surface area contributed by atoms with Crippen LogP contribution in [-0.2, 0) is 14.4 Å². The lowest BCUT2D eigenvalue weighted by Crippen LogP contribution is -2.41. The van der Waals surface area contributed by atoms with Crippen LogP contribution in [0.4, 0.5) is 0 Å². The van der Waals surface area contributed by atoms with Gasteiger partial charge in [0.2, 0.25) is 17.7 Å². The molecule has 32 heavy (non-hydrogen) atoms. The number of rotatable bonds is 8. The molecule has 0 radical (unpaired) electrons. The van der Waals surface area contributed by atoms with Crippen molar-refractivity contribution in [2.75, 3.05) is 25.4 Å². The molecule has 0 bridgehead atoms. The summed E-state index contributed by atoms with van der Waals surface area (Å²) in [5.74, 6) is -0.127. The van der Waals surface area contributed by atoms with Gasteiger partial charge in [-0.25, -0.2) is 4.98 Å². The van der Waals surface area contributed by atoms with Crippen LogP contribution in [0.15, 0.2) is 53.7 Å². The van der Waals surface area contributed by atoms with Gasteiger partial charge in [-0.15, -0.1) is 0 Å². The molecule has 8 nitrogen and oxygen atoms in total. The van der Waals surface area contributed by atoms with E-state index in [9.17, 15) is 14.4 Å². The van der Waals surface area contributed by atoms with Crippen molar-refractivity contribution in [2.45, 2.75) is 24.9 Å². The highest BCUT2D eigenvalue weighted by molar-refractivity contribution is 7.99. The molecule has 2 heterocycles. The first-order valence-corrected chi connectivity index (χ1v) is 11.5. The number of ether oxygens (including phenoxy) is 1. The molecule has 166 valence electrons. The Kier molecular flexibility index (Phi) is 6.75. The summed E-state index contributed by atoms with van der Waals surface area (Å²) in [4.78, 5) is 42.3. The topological polar surface area (TPSA) is 93.5 Å². The molecule has 1 saturated heterocycles. The number of thioether (sulfide) groups is 1. The Morgan fingerprint density at radius 3 is 2.62 bits per heavy atom. The molecule has 0 aliphatic carbocycles. The lowest BCUT2D eigenvalue weighted by molar-refractivity contribution is -0.135. The fraction of sp³-hybridized carbons (Fsp3) is 0.304. The lowest BCUT2D eigenvalue weighted by Gasteiger charge is -2.14. The Bertz CT molecular complexity index is 1140. The average molecular weight is 453 g/mol. The normalized spacial score (nSPS) is 13.5. The minimum atomic E-state index is -0.467. The molecule has 0 atom stereocenters. The van der Waals surface area contributed by atoms with Crippen LogP contribution in [0.2, 0.25) is 0 Å². The molecule has 0 spiro atoms. The fourth-order valence-electron chi connectivity index (χ4n) is 3.61. The summed E-state index contributed by atoms with van der Waals surface area (Å²) < 4.78 is 7.51. The van der Waals surface area contributed by atoms with Crippen LogP contribution >= 0.6 is 11.8 Å². The van der Waals surface area contributed by atoms with Crippen LogP contribution in [-0.4, -0.2) is 57.6 Å². The number of amides is 3. The van der Waals surface area contributed by atoms with E-state index in [2.05, 4.69) is 10.3 Å². The van der Waals surface area contributed by atoms with E-state index in [0.717, 1.165) is 28.9 Å². The molecule has 0 unspecified atom stereocenters. The molecular weight excluding hydrogens is 428 g/mol. The number of fused-ring (bicyclic) bond motifs is 1. The Hall–Kier alpha value is -3.33. The number of nitrogens with zero attached hydrogens (tertiary/aromatic N) is 3. The largest absolute Gasteiger partial charge is 0.494 e. The number of nitrogens with one attached hydrogen (secondary N) is 1. The van der Waals surface area contributed by atoms with Gasteiger partial charge in [-0.2, -0.15) is 0 Å². The SMILES string of the molecule is CCOc1ccc(-n2c(SCC(=O)NC(=O)CN3CCCC3=O)nc3ccccc32)cc1. The molecule has 3 aromatic rings. The number of aromatic nitrogens is 2. The van der Waals surface area contributed by atoms with Crippen LogP contribution in [0.1, 0.15) is 19.8 Å². The Morgan fingerprint density at radius 2 is 1.91 bits per heavy atom. The zero-order valence-electron chi connectivity index (χ0n) is 17.7. The summed E-state index contributed by atoms with van der Waals surface area (Å²) in [6, 6.07) is 15.4. The number of benzene rings is 2. The van der Waals surface area contributed by atoms with E-state index in [-0.39, 0.29) is 18.2 Å². The van der Waals surface area contributed by atoms with Crippen molar-refractivity contribution < 1.29 is 19.1 Å². The molecule has 1 aliphatic heterocycles. The number of carbonyl (C=O) groups excluding carboxylic acids is 3. The Labute approximate surface area is 189 Å². The van der Waals surface area contributed by atoms with Gasteiger partial charge in [-0.1, -0.05) is 23.9 Å². The summed E-state index contributed by atoms with van der Waals surface area (Å²) >= 11 is 1.25. The molecule has 1 N–H and O–H groups in total. The number of para-hydroxylation sites is 2. The van der Waals surface area contributed by atoms with Gasteiger partial charge in [0.05, 0.1) is 29.9 Å². The highest BCUT2D eigenvalue weighted by Crippen LogP contribution is 2.28. The number of imidazole rings is 1. The summed E-state index contributed by atoms with van der Waals surface area (Å²) in [5, 5.41) is 3.01. The first-order chi connectivity index (χ1) is 15.5. The zero-order chi connectivity index (χ0) is 22.5. The smallest absolute Gasteiger partial charge is 0.246 e. The lowest BCUT2D eigenvalue weighted by atomic mass is 10.2. The number of likely N-dealkylation sites (tertiary alicyclic amines) is 1. The van der Waals surface area contributed by atoms with Crippen molar-refractivity contribution >= 4 is 40.5 Å². The number of hydrogen-bond acceptors (Lipinski definition) is 6. The van der Waals surface area contributed by atoms with Crippen molar-refractivity contribution in [3.8, 4) is 11.4 Å². The monoisotopic (exact) mass is 452 g/mol. The van der Waals surface area contributed by atoms with Gasteiger partial charge in [0.1, 0.15) is 5.75 Å². The van der Waals surface area contributed by atoms with Crippen molar-refractivity contribution in [3.05, 3.63) is 48.5 Å². The second-order valence-corrected chi connectivity index (χ2v) is 8.27. The van der Waals surface area contributed by atoms with Crippen molar-refractivity contribution in [1.29, 1.82) is 0 Å². The van der Waals surface area contributed by atoms with Crippen molar-refractivity contribution in [1.82, 2.24) is 19.8 Å². The maximum absolute atomic E-state index is 12.4. The summed E-state index contributed by atoms with van der Waals surface area (Å²) in [6.45, 7) is 3.00. The highest BCUT2D eigenvalue weighted by atomic mass is 32.2. The Morgan fingerprint density at radius 1 is 1.12 bits per heavy atom. The van der Waals surface area contributed by atoms with Gasteiger partial charge in [0.15, 0.2) is 5.16 Å². The third-order valence-corrected chi connectivity index (χ3v) is 5.99. The van der Waals surface area contributed by atoms with E-state index in [4.69, 9.17) is 4.74 Å². The summed E-state index contributed by atoms with van der Waals surface area (Å²) in [6.07, 6.45) is 1.20. The molecular formula is C23H24N4O4S. The van der Waals surface area contributed by atoms with E-state index in [1.54, 1.807) is 0 Å². The number of imide groups is 1. The quantitative estimate of drug-likeness (QED) is 0.529. The molecule has 1 aliphatic rings. The first kappa shape index (κ1) is 21.9. The van der Waals surface area contributed by atoms with E-state index in [1.165, 1.54) is 16.7 Å². The predicted molar refractivity (Wildman–Crippen MR) is 122 cm³/mol. The van der Waals surface area contributed by atoms with Gasteiger partial charge in [0, 0.05) is 18.7 Å². The molecule has 0 saturated carbocycles. The second kappa shape index (κ2) is 9.86. The van der Waals surface area contributed by atoms with Gasteiger partial charge in [0.25, 0.3) is 0 Å². The molecule has 1 aromatic heterocycles. The third-order valence-electron chi connectivity index (χ3n) is 5.05. The summed E-state index contributed by atoms with van der Waals surface area (Å²) in [5.41, 5.74) is 2.63. The molecule has 1 fully saturated rings. The van der Waals surface area contributed by atoms with Crippen LogP contribution in [0.5, 0.6) is 5.75 Å². The molecule has 9 heteroatoms. The molecule has 3 amide bonds. The van der Waals surface area contributed by atoms with Crippen molar-refractivity contribution in [3.63, 3.8) is 0 Å². The minimum absolute atomic E-state index is 0.0278. The fourth-order valence-corrected chi connectivity index (χ4v) is 4.44. The van der Waals surface area contributed by atoms with Gasteiger partial charge >= 0.3 is 0 Å². The van der Waals surface area contributed by atoms with Crippen LogP contribution in [0, 0.1) is 0 Å².